The van der Waals surface area contributed by atoms with Crippen molar-refractivity contribution in [3.05, 3.63) is 24.0 Å². The zero-order valence-corrected chi connectivity index (χ0v) is 10.4. The minimum absolute atomic E-state index is 1.00. The molecule has 1 heterocycles. The number of alkyl halides is 1. The van der Waals surface area contributed by atoms with Gasteiger partial charge < -0.3 is 0 Å². The van der Waals surface area contributed by atoms with Gasteiger partial charge in [0.15, 0.2) is 0 Å². The molecule has 0 saturated heterocycles. The summed E-state index contributed by atoms with van der Waals surface area (Å²) in [5.74, 6) is 0. The summed E-state index contributed by atoms with van der Waals surface area (Å²) < 4.78 is 2.07. The van der Waals surface area contributed by atoms with Gasteiger partial charge in [0.2, 0.25) is 0 Å². The Morgan fingerprint density at radius 2 is 2.43 bits per heavy atom. The van der Waals surface area contributed by atoms with Gasteiger partial charge in [0.25, 0.3) is 0 Å². The molecule has 3 heteroatoms. The Hall–Kier alpha value is -0.570. The topological polar surface area (TPSA) is 17.8 Å². The van der Waals surface area contributed by atoms with Crippen molar-refractivity contribution in [1.29, 1.82) is 0 Å². The van der Waals surface area contributed by atoms with Crippen LogP contribution in [0.3, 0.4) is 0 Å². The van der Waals surface area contributed by atoms with Gasteiger partial charge in [-0.15, -0.1) is 0 Å². The molecule has 1 aromatic heterocycles. The molecule has 1 rings (SSSR count). The van der Waals surface area contributed by atoms with Gasteiger partial charge in [-0.2, -0.15) is 5.10 Å². The van der Waals surface area contributed by atoms with Crippen LogP contribution < -0.4 is 0 Å². The van der Waals surface area contributed by atoms with Gasteiger partial charge in [-0.3, -0.25) is 4.68 Å². The second kappa shape index (κ2) is 6.02. The number of rotatable bonds is 5. The zero-order chi connectivity index (χ0) is 10.4. The first-order chi connectivity index (χ1) is 6.79. The van der Waals surface area contributed by atoms with Crippen molar-refractivity contribution in [3.63, 3.8) is 0 Å². The van der Waals surface area contributed by atoms with Gasteiger partial charge in [0, 0.05) is 18.1 Å². The van der Waals surface area contributed by atoms with Gasteiger partial charge in [-0.1, -0.05) is 28.9 Å². The lowest BCUT2D eigenvalue weighted by molar-refractivity contribution is 0.596. The molecule has 0 radical (unpaired) electrons. The normalized spacial score (nSPS) is 12.1. The summed E-state index contributed by atoms with van der Waals surface area (Å²) in [7, 11) is 0. The highest BCUT2D eigenvalue weighted by atomic mass is 79.9. The zero-order valence-electron chi connectivity index (χ0n) is 8.83. The molecule has 0 atom stereocenters. The molecule has 0 bridgehead atoms. The van der Waals surface area contributed by atoms with Crippen LogP contribution in [0.4, 0.5) is 0 Å². The molecule has 0 saturated carbocycles. The van der Waals surface area contributed by atoms with E-state index in [0.717, 1.165) is 24.7 Å². The highest BCUT2D eigenvalue weighted by Crippen LogP contribution is 2.14. The fraction of sp³-hybridized carbons (Fsp3) is 0.545. The maximum atomic E-state index is 4.30. The second-order valence-corrected chi connectivity index (χ2v) is 4.10. The molecule has 0 aliphatic heterocycles. The van der Waals surface area contributed by atoms with Crippen molar-refractivity contribution in [2.45, 2.75) is 33.2 Å². The smallest absolute Gasteiger partial charge is 0.0635 e. The Bertz CT molecular complexity index is 302. The van der Waals surface area contributed by atoms with Crippen LogP contribution in [0.25, 0.3) is 5.57 Å². The molecule has 0 fully saturated rings. The van der Waals surface area contributed by atoms with E-state index in [-0.39, 0.29) is 0 Å². The minimum Gasteiger partial charge on any atom is -0.265 e. The third kappa shape index (κ3) is 2.98. The number of nitrogens with zero attached hydrogens (tertiary/aromatic N) is 2. The van der Waals surface area contributed by atoms with Crippen molar-refractivity contribution in [2.24, 2.45) is 0 Å². The summed E-state index contributed by atoms with van der Waals surface area (Å²) in [5, 5.41) is 5.32. The SMILES string of the molecule is CCCn1nccc1C(C)=CCCBr. The number of aryl methyl sites for hydroxylation is 1. The monoisotopic (exact) mass is 256 g/mol. The van der Waals surface area contributed by atoms with Crippen LogP contribution in [0, 0.1) is 0 Å². The van der Waals surface area contributed by atoms with Crippen LogP contribution in [0.2, 0.25) is 0 Å². The highest BCUT2D eigenvalue weighted by Gasteiger charge is 2.02. The maximum Gasteiger partial charge on any atom is 0.0635 e. The Morgan fingerprint density at radius 1 is 1.64 bits per heavy atom. The molecular weight excluding hydrogens is 240 g/mol. The quantitative estimate of drug-likeness (QED) is 0.738. The van der Waals surface area contributed by atoms with Crippen molar-refractivity contribution < 1.29 is 0 Å². The van der Waals surface area contributed by atoms with Crippen molar-refractivity contribution in [3.8, 4) is 0 Å². The van der Waals surface area contributed by atoms with Gasteiger partial charge >= 0.3 is 0 Å². The van der Waals surface area contributed by atoms with Gasteiger partial charge in [0.1, 0.15) is 0 Å². The number of aromatic nitrogens is 2. The van der Waals surface area contributed by atoms with E-state index in [0.29, 0.717) is 0 Å². The first-order valence-corrected chi connectivity index (χ1v) is 6.16. The van der Waals surface area contributed by atoms with E-state index in [2.05, 4.69) is 51.7 Å². The Kier molecular flexibility index (Phi) is 4.94. The van der Waals surface area contributed by atoms with E-state index in [1.807, 2.05) is 6.20 Å². The standard InChI is InChI=1S/C11H17BrN2/c1-3-9-14-11(6-8-13-14)10(2)5-4-7-12/h5-6,8H,3-4,7,9H2,1-2H3. The Morgan fingerprint density at radius 3 is 3.07 bits per heavy atom. The molecule has 1 aromatic rings. The van der Waals surface area contributed by atoms with Crippen LogP contribution in [0.15, 0.2) is 18.3 Å². The summed E-state index contributed by atoms with van der Waals surface area (Å²) in [6.45, 7) is 5.32. The van der Waals surface area contributed by atoms with Crippen LogP contribution in [-0.2, 0) is 6.54 Å². The van der Waals surface area contributed by atoms with Crippen LogP contribution in [0.5, 0.6) is 0 Å². The lowest BCUT2D eigenvalue weighted by Gasteiger charge is -2.05. The summed E-state index contributed by atoms with van der Waals surface area (Å²) in [6.07, 6.45) is 6.32. The van der Waals surface area contributed by atoms with E-state index >= 15 is 0 Å². The average Bonchev–Trinajstić information content (AvgIpc) is 2.63. The summed E-state index contributed by atoms with van der Waals surface area (Å²) in [6, 6.07) is 2.08. The van der Waals surface area contributed by atoms with Gasteiger partial charge in [-0.05, 0) is 31.4 Å². The Balaban J connectivity index is 2.77. The number of halogens is 1. The van der Waals surface area contributed by atoms with Crippen molar-refractivity contribution >= 4 is 21.5 Å². The summed E-state index contributed by atoms with van der Waals surface area (Å²) in [5.41, 5.74) is 2.56. The lowest BCUT2D eigenvalue weighted by Crippen LogP contribution is -2.02. The number of allylic oxidation sites excluding steroid dienone is 2. The van der Waals surface area contributed by atoms with Gasteiger partial charge in [-0.25, -0.2) is 0 Å². The van der Waals surface area contributed by atoms with E-state index in [1.54, 1.807) is 0 Å². The Labute approximate surface area is 94.1 Å². The van der Waals surface area contributed by atoms with E-state index in [9.17, 15) is 0 Å². The average molecular weight is 257 g/mol. The van der Waals surface area contributed by atoms with Crippen molar-refractivity contribution in [1.82, 2.24) is 9.78 Å². The predicted molar refractivity (Wildman–Crippen MR) is 64.6 cm³/mol. The molecule has 0 aliphatic carbocycles. The highest BCUT2D eigenvalue weighted by molar-refractivity contribution is 9.09. The molecule has 14 heavy (non-hydrogen) atoms. The predicted octanol–water partition coefficient (Wildman–Crippen LogP) is 3.48. The number of hydrogen-bond acceptors (Lipinski definition) is 1. The first-order valence-electron chi connectivity index (χ1n) is 5.04. The maximum absolute atomic E-state index is 4.30. The largest absolute Gasteiger partial charge is 0.265 e. The summed E-state index contributed by atoms with van der Waals surface area (Å²) >= 11 is 3.42. The van der Waals surface area contributed by atoms with Crippen LogP contribution >= 0.6 is 15.9 Å². The molecule has 0 N–H and O–H groups in total. The number of hydrogen-bond donors (Lipinski definition) is 0. The molecule has 0 aromatic carbocycles. The van der Waals surface area contributed by atoms with E-state index < -0.39 is 0 Å². The van der Waals surface area contributed by atoms with Gasteiger partial charge in [0.05, 0.1) is 5.69 Å². The molecule has 0 unspecified atom stereocenters. The third-order valence-corrected chi connectivity index (χ3v) is 2.57. The van der Waals surface area contributed by atoms with E-state index in [1.165, 1.54) is 11.3 Å². The summed E-state index contributed by atoms with van der Waals surface area (Å²) in [4.78, 5) is 0. The van der Waals surface area contributed by atoms with E-state index in [4.69, 9.17) is 0 Å². The fourth-order valence-electron chi connectivity index (χ4n) is 1.43. The third-order valence-electron chi connectivity index (χ3n) is 2.12. The fourth-order valence-corrected chi connectivity index (χ4v) is 1.66. The lowest BCUT2D eigenvalue weighted by atomic mass is 10.2. The molecule has 78 valence electrons. The molecular formula is C11H17BrN2. The van der Waals surface area contributed by atoms with Crippen molar-refractivity contribution in [2.75, 3.05) is 5.33 Å². The molecule has 0 aliphatic rings. The minimum atomic E-state index is 1.00. The molecule has 2 nitrogen and oxygen atoms in total. The first kappa shape index (κ1) is 11.5. The van der Waals surface area contributed by atoms with Crippen LogP contribution in [-0.4, -0.2) is 15.1 Å². The molecule has 0 amide bonds. The van der Waals surface area contributed by atoms with Crippen LogP contribution in [0.1, 0.15) is 32.4 Å². The molecule has 0 spiro atoms. The second-order valence-electron chi connectivity index (χ2n) is 3.30.